The molecule has 94 valence electrons. The Kier molecular flexibility index (Phi) is 3.04. The normalized spacial score (nSPS) is 17.0. The molecular weight excluding hydrogens is 220 g/mol. The van der Waals surface area contributed by atoms with Gasteiger partial charge >= 0.3 is 0 Å². The van der Waals surface area contributed by atoms with Crippen LogP contribution in [0.1, 0.15) is 36.6 Å². The van der Waals surface area contributed by atoms with Crippen molar-refractivity contribution in [2.75, 3.05) is 7.05 Å². The zero-order valence-corrected chi connectivity index (χ0v) is 11.1. The highest BCUT2D eigenvalue weighted by Crippen LogP contribution is 2.37. The van der Waals surface area contributed by atoms with Gasteiger partial charge in [-0.05, 0) is 50.1 Å². The van der Waals surface area contributed by atoms with Crippen molar-refractivity contribution in [2.24, 2.45) is 5.92 Å². The number of pyridine rings is 1. The summed E-state index contributed by atoms with van der Waals surface area (Å²) in [5.41, 5.74) is 3.57. The zero-order chi connectivity index (χ0) is 12.5. The quantitative estimate of drug-likeness (QED) is 0.883. The standard InChI is InChI=1S/C16H20N2/c1-11-3-6-13-10-14(7-8-15(13)18-11)16(17-2)9-12-4-5-12/h3,6-8,10,12,16-17H,4-5,9H2,1-2H3. The van der Waals surface area contributed by atoms with Crippen LogP contribution in [0.5, 0.6) is 0 Å². The Morgan fingerprint density at radius 2 is 2.11 bits per heavy atom. The van der Waals surface area contributed by atoms with Crippen molar-refractivity contribution in [3.63, 3.8) is 0 Å². The molecule has 1 aliphatic carbocycles. The summed E-state index contributed by atoms with van der Waals surface area (Å²) in [5, 5.41) is 4.69. The lowest BCUT2D eigenvalue weighted by Gasteiger charge is -2.16. The smallest absolute Gasteiger partial charge is 0.0705 e. The van der Waals surface area contributed by atoms with E-state index in [1.165, 1.54) is 30.2 Å². The van der Waals surface area contributed by atoms with Gasteiger partial charge in [0.1, 0.15) is 0 Å². The van der Waals surface area contributed by atoms with Gasteiger partial charge in [-0.25, -0.2) is 0 Å². The lowest BCUT2D eigenvalue weighted by molar-refractivity contribution is 0.515. The van der Waals surface area contributed by atoms with Crippen LogP contribution < -0.4 is 5.32 Å². The van der Waals surface area contributed by atoms with Crippen LogP contribution in [0.2, 0.25) is 0 Å². The third kappa shape index (κ3) is 2.39. The van der Waals surface area contributed by atoms with Crippen LogP contribution in [0.25, 0.3) is 10.9 Å². The van der Waals surface area contributed by atoms with E-state index >= 15 is 0 Å². The van der Waals surface area contributed by atoms with E-state index in [4.69, 9.17) is 0 Å². The molecule has 0 spiro atoms. The van der Waals surface area contributed by atoms with Crippen LogP contribution in [0.15, 0.2) is 30.3 Å². The Bertz CT molecular complexity index is 558. The maximum Gasteiger partial charge on any atom is 0.0705 e. The molecule has 1 saturated carbocycles. The summed E-state index contributed by atoms with van der Waals surface area (Å²) in [6.45, 7) is 2.04. The van der Waals surface area contributed by atoms with Gasteiger partial charge in [0.2, 0.25) is 0 Å². The number of rotatable bonds is 4. The topological polar surface area (TPSA) is 24.9 Å². The summed E-state index contributed by atoms with van der Waals surface area (Å²) < 4.78 is 0. The molecule has 1 unspecified atom stereocenters. The first-order valence-electron chi connectivity index (χ1n) is 6.81. The summed E-state index contributed by atoms with van der Waals surface area (Å²) in [7, 11) is 2.06. The molecule has 3 rings (SSSR count). The van der Waals surface area contributed by atoms with Crippen molar-refractivity contribution in [2.45, 2.75) is 32.2 Å². The monoisotopic (exact) mass is 240 g/mol. The molecule has 2 nitrogen and oxygen atoms in total. The Labute approximate surface area is 108 Å². The molecule has 0 saturated heterocycles. The Morgan fingerprint density at radius 3 is 2.83 bits per heavy atom. The number of fused-ring (bicyclic) bond motifs is 1. The Balaban J connectivity index is 1.93. The van der Waals surface area contributed by atoms with Crippen LogP contribution in [-0.2, 0) is 0 Å². The van der Waals surface area contributed by atoms with E-state index in [0.29, 0.717) is 6.04 Å². The molecule has 0 bridgehead atoms. The van der Waals surface area contributed by atoms with Crippen LogP contribution >= 0.6 is 0 Å². The maximum absolute atomic E-state index is 4.55. The lowest BCUT2D eigenvalue weighted by atomic mass is 9.99. The summed E-state index contributed by atoms with van der Waals surface area (Å²) in [4.78, 5) is 4.55. The third-order valence-corrected chi connectivity index (χ3v) is 3.87. The van der Waals surface area contributed by atoms with Crippen LogP contribution in [0.3, 0.4) is 0 Å². The highest BCUT2D eigenvalue weighted by atomic mass is 14.9. The summed E-state index contributed by atoms with van der Waals surface area (Å²) in [6, 6.07) is 11.4. The molecule has 1 atom stereocenters. The highest BCUT2D eigenvalue weighted by molar-refractivity contribution is 5.79. The number of nitrogens with zero attached hydrogens (tertiary/aromatic N) is 1. The number of hydrogen-bond donors (Lipinski definition) is 1. The lowest BCUT2D eigenvalue weighted by Crippen LogP contribution is -2.16. The molecule has 1 heterocycles. The SMILES string of the molecule is CNC(CC1CC1)c1ccc2nc(C)ccc2c1. The second kappa shape index (κ2) is 4.69. The van der Waals surface area contributed by atoms with E-state index in [2.05, 4.69) is 47.7 Å². The molecule has 18 heavy (non-hydrogen) atoms. The predicted octanol–water partition coefficient (Wildman–Crippen LogP) is 3.60. The van der Waals surface area contributed by atoms with Gasteiger partial charge in [-0.1, -0.05) is 25.0 Å². The van der Waals surface area contributed by atoms with E-state index in [9.17, 15) is 0 Å². The molecule has 0 aliphatic heterocycles. The number of benzene rings is 1. The minimum atomic E-state index is 0.489. The second-order valence-corrected chi connectivity index (χ2v) is 5.43. The van der Waals surface area contributed by atoms with Crippen molar-refractivity contribution in [1.82, 2.24) is 10.3 Å². The van der Waals surface area contributed by atoms with Crippen molar-refractivity contribution < 1.29 is 0 Å². The van der Waals surface area contributed by atoms with Gasteiger partial charge in [0.15, 0.2) is 0 Å². The second-order valence-electron chi connectivity index (χ2n) is 5.43. The Morgan fingerprint density at radius 1 is 1.28 bits per heavy atom. The van der Waals surface area contributed by atoms with Gasteiger partial charge in [0.25, 0.3) is 0 Å². The minimum absolute atomic E-state index is 0.489. The average Bonchev–Trinajstić information content (AvgIpc) is 3.19. The van der Waals surface area contributed by atoms with Crippen molar-refractivity contribution >= 4 is 10.9 Å². The first kappa shape index (κ1) is 11.7. The fraction of sp³-hybridized carbons (Fsp3) is 0.438. The van der Waals surface area contributed by atoms with Gasteiger partial charge < -0.3 is 5.32 Å². The van der Waals surface area contributed by atoms with E-state index in [-0.39, 0.29) is 0 Å². The van der Waals surface area contributed by atoms with E-state index in [0.717, 1.165) is 17.1 Å². The van der Waals surface area contributed by atoms with E-state index in [1.807, 2.05) is 6.92 Å². The third-order valence-electron chi connectivity index (χ3n) is 3.87. The van der Waals surface area contributed by atoms with Crippen LogP contribution in [0, 0.1) is 12.8 Å². The maximum atomic E-state index is 4.55. The molecule has 1 fully saturated rings. The molecule has 1 N–H and O–H groups in total. The largest absolute Gasteiger partial charge is 0.313 e. The first-order chi connectivity index (χ1) is 8.76. The number of nitrogens with one attached hydrogen (secondary N) is 1. The molecule has 1 aromatic heterocycles. The van der Waals surface area contributed by atoms with Crippen molar-refractivity contribution in [3.05, 3.63) is 41.6 Å². The molecule has 0 radical (unpaired) electrons. The number of aryl methyl sites for hydroxylation is 1. The highest BCUT2D eigenvalue weighted by Gasteiger charge is 2.25. The Hall–Kier alpha value is -1.41. The average molecular weight is 240 g/mol. The van der Waals surface area contributed by atoms with Crippen LogP contribution in [-0.4, -0.2) is 12.0 Å². The summed E-state index contributed by atoms with van der Waals surface area (Å²) >= 11 is 0. The number of hydrogen-bond acceptors (Lipinski definition) is 2. The molecule has 0 amide bonds. The zero-order valence-electron chi connectivity index (χ0n) is 11.1. The molecule has 2 aromatic rings. The summed E-state index contributed by atoms with van der Waals surface area (Å²) in [5.74, 6) is 0.939. The van der Waals surface area contributed by atoms with Crippen LogP contribution in [0.4, 0.5) is 0 Å². The molecule has 1 aliphatic rings. The molecule has 2 heteroatoms. The van der Waals surface area contributed by atoms with Gasteiger partial charge in [0.05, 0.1) is 5.52 Å². The van der Waals surface area contributed by atoms with E-state index < -0.39 is 0 Å². The predicted molar refractivity (Wildman–Crippen MR) is 75.6 cm³/mol. The van der Waals surface area contributed by atoms with Gasteiger partial charge in [-0.15, -0.1) is 0 Å². The molecule has 1 aromatic carbocycles. The first-order valence-corrected chi connectivity index (χ1v) is 6.81. The van der Waals surface area contributed by atoms with Gasteiger partial charge in [0, 0.05) is 17.1 Å². The summed E-state index contributed by atoms with van der Waals surface area (Å²) in [6.07, 6.45) is 4.08. The fourth-order valence-electron chi connectivity index (χ4n) is 2.57. The van der Waals surface area contributed by atoms with Gasteiger partial charge in [-0.3, -0.25) is 4.98 Å². The van der Waals surface area contributed by atoms with Gasteiger partial charge in [-0.2, -0.15) is 0 Å². The van der Waals surface area contributed by atoms with Crippen molar-refractivity contribution in [1.29, 1.82) is 0 Å². The van der Waals surface area contributed by atoms with E-state index in [1.54, 1.807) is 0 Å². The minimum Gasteiger partial charge on any atom is -0.313 e. The number of aromatic nitrogens is 1. The van der Waals surface area contributed by atoms with Crippen molar-refractivity contribution in [3.8, 4) is 0 Å². The fourth-order valence-corrected chi connectivity index (χ4v) is 2.57. The molecular formula is C16H20N2.